The fraction of sp³-hybridized carbons (Fsp3) is 0.263. The summed E-state index contributed by atoms with van der Waals surface area (Å²) in [6.07, 6.45) is 0. The van der Waals surface area contributed by atoms with E-state index in [9.17, 15) is 9.18 Å². The van der Waals surface area contributed by atoms with Crippen molar-refractivity contribution in [2.24, 2.45) is 0 Å². The number of halogens is 3. The van der Waals surface area contributed by atoms with Gasteiger partial charge in [0.05, 0.1) is 16.0 Å². The van der Waals surface area contributed by atoms with Crippen LogP contribution in [0.25, 0.3) is 10.2 Å². The zero-order valence-corrected chi connectivity index (χ0v) is 18.6. The third-order valence-electron chi connectivity index (χ3n) is 3.82. The van der Waals surface area contributed by atoms with Crippen LogP contribution in [0.5, 0.6) is 0 Å². The number of amides is 1. The largest absolute Gasteiger partial charge is 0.308 e. The second-order valence-electron chi connectivity index (χ2n) is 6.20. The Hall–Kier alpha value is -1.38. The van der Waals surface area contributed by atoms with E-state index >= 15 is 0 Å². The molecule has 1 heterocycles. The van der Waals surface area contributed by atoms with E-state index in [1.54, 1.807) is 23.1 Å². The lowest BCUT2D eigenvalue weighted by Gasteiger charge is -2.21. The number of thiazole rings is 1. The zero-order valence-electron chi connectivity index (χ0n) is 15.4. The van der Waals surface area contributed by atoms with Crippen LogP contribution in [-0.4, -0.2) is 48.7 Å². The first kappa shape index (κ1) is 22.9. The smallest absolute Gasteiger partial charge is 0.239 e. The molecule has 0 spiro atoms. The molecule has 0 saturated carbocycles. The van der Waals surface area contributed by atoms with Crippen molar-refractivity contribution < 1.29 is 9.18 Å². The number of rotatable bonds is 7. The molecule has 0 unspecified atom stereocenters. The van der Waals surface area contributed by atoms with Gasteiger partial charge >= 0.3 is 0 Å². The molecule has 150 valence electrons. The highest BCUT2D eigenvalue weighted by Gasteiger charge is 2.20. The SMILES string of the molecule is CN(C)CCN(C(=O)CSc1ccc(Cl)cc1)c1nc2ccc(F)cc2s1.Cl. The molecule has 2 aromatic carbocycles. The molecule has 0 aliphatic carbocycles. The summed E-state index contributed by atoms with van der Waals surface area (Å²) < 4.78 is 14.2. The van der Waals surface area contributed by atoms with Crippen LogP contribution in [0.2, 0.25) is 5.02 Å². The summed E-state index contributed by atoms with van der Waals surface area (Å²) in [5, 5.41) is 1.26. The molecule has 0 aliphatic heterocycles. The summed E-state index contributed by atoms with van der Waals surface area (Å²) in [7, 11) is 3.91. The van der Waals surface area contributed by atoms with Gasteiger partial charge in [0.2, 0.25) is 5.91 Å². The molecule has 0 bridgehead atoms. The highest BCUT2D eigenvalue weighted by atomic mass is 35.5. The Kier molecular flexibility index (Phi) is 8.52. The van der Waals surface area contributed by atoms with E-state index in [1.807, 2.05) is 31.1 Å². The summed E-state index contributed by atoms with van der Waals surface area (Å²) in [6, 6.07) is 11.9. The molecule has 9 heteroatoms. The van der Waals surface area contributed by atoms with Crippen molar-refractivity contribution in [1.29, 1.82) is 0 Å². The molecule has 0 radical (unpaired) electrons. The number of hydrogen-bond donors (Lipinski definition) is 0. The Labute approximate surface area is 183 Å². The van der Waals surface area contributed by atoms with Crippen molar-refractivity contribution in [3.05, 3.63) is 53.3 Å². The number of aromatic nitrogens is 1. The Bertz CT molecular complexity index is 935. The van der Waals surface area contributed by atoms with E-state index in [1.165, 1.54) is 35.2 Å². The van der Waals surface area contributed by atoms with Gasteiger partial charge in [0, 0.05) is 23.0 Å². The van der Waals surface area contributed by atoms with Crippen molar-refractivity contribution in [3.63, 3.8) is 0 Å². The number of carbonyl (C=O) groups is 1. The highest BCUT2D eigenvalue weighted by molar-refractivity contribution is 8.00. The molecule has 4 nitrogen and oxygen atoms in total. The van der Waals surface area contributed by atoms with Gasteiger partial charge in [0.25, 0.3) is 0 Å². The molecular formula is C19H20Cl2FN3OS2. The van der Waals surface area contributed by atoms with Crippen molar-refractivity contribution in [3.8, 4) is 0 Å². The summed E-state index contributed by atoms with van der Waals surface area (Å²) in [5.74, 6) is -0.0437. The number of nitrogens with zero attached hydrogens (tertiary/aromatic N) is 3. The lowest BCUT2D eigenvalue weighted by Crippen LogP contribution is -2.37. The Balaban J connectivity index is 0.00000280. The molecule has 0 fully saturated rings. The van der Waals surface area contributed by atoms with Gasteiger partial charge in [-0.2, -0.15) is 0 Å². The minimum atomic E-state index is -0.304. The summed E-state index contributed by atoms with van der Waals surface area (Å²) in [4.78, 5) is 22.1. The lowest BCUT2D eigenvalue weighted by molar-refractivity contribution is -0.116. The second kappa shape index (κ2) is 10.4. The van der Waals surface area contributed by atoms with E-state index in [4.69, 9.17) is 11.6 Å². The highest BCUT2D eigenvalue weighted by Crippen LogP contribution is 2.30. The van der Waals surface area contributed by atoms with E-state index in [0.717, 1.165) is 9.60 Å². The number of carbonyl (C=O) groups excluding carboxylic acids is 1. The molecule has 28 heavy (non-hydrogen) atoms. The summed E-state index contributed by atoms with van der Waals surface area (Å²) in [5.41, 5.74) is 0.699. The van der Waals surface area contributed by atoms with Crippen LogP contribution < -0.4 is 4.90 Å². The van der Waals surface area contributed by atoms with Crippen molar-refractivity contribution >= 4 is 68.4 Å². The third kappa shape index (κ3) is 6.06. The maximum atomic E-state index is 13.5. The first-order valence-electron chi connectivity index (χ1n) is 8.32. The Morgan fingerprint density at radius 3 is 2.57 bits per heavy atom. The van der Waals surface area contributed by atoms with Crippen molar-refractivity contribution in [1.82, 2.24) is 9.88 Å². The molecule has 0 saturated heterocycles. The van der Waals surface area contributed by atoms with Crippen LogP contribution in [0, 0.1) is 5.82 Å². The topological polar surface area (TPSA) is 36.4 Å². The van der Waals surface area contributed by atoms with Crippen LogP contribution in [0.3, 0.4) is 0 Å². The van der Waals surface area contributed by atoms with Crippen LogP contribution in [0.1, 0.15) is 0 Å². The van der Waals surface area contributed by atoms with Gasteiger partial charge in [0.15, 0.2) is 5.13 Å². The summed E-state index contributed by atoms with van der Waals surface area (Å²) in [6.45, 7) is 1.23. The summed E-state index contributed by atoms with van der Waals surface area (Å²) >= 11 is 8.69. The molecule has 0 atom stereocenters. The molecule has 3 rings (SSSR count). The molecule has 1 aromatic heterocycles. The fourth-order valence-corrected chi connectivity index (χ4v) is 4.32. The van der Waals surface area contributed by atoms with E-state index in [2.05, 4.69) is 4.98 Å². The Morgan fingerprint density at radius 2 is 1.89 bits per heavy atom. The quantitative estimate of drug-likeness (QED) is 0.455. The Morgan fingerprint density at radius 1 is 1.18 bits per heavy atom. The number of fused-ring (bicyclic) bond motifs is 1. The standard InChI is InChI=1S/C19H19ClFN3OS2.ClH/c1-23(2)9-10-24(18(25)12-26-15-6-3-13(20)4-7-15)19-22-16-8-5-14(21)11-17(16)27-19;/h3-8,11H,9-10,12H2,1-2H3;1H. The third-order valence-corrected chi connectivity index (χ3v) is 6.11. The van der Waals surface area contributed by atoms with Gasteiger partial charge in [-0.25, -0.2) is 9.37 Å². The van der Waals surface area contributed by atoms with Gasteiger partial charge in [-0.15, -0.1) is 24.2 Å². The molecule has 1 amide bonds. The fourth-order valence-electron chi connectivity index (χ4n) is 2.38. The maximum absolute atomic E-state index is 13.5. The molecule has 0 aliphatic rings. The van der Waals surface area contributed by atoms with Gasteiger partial charge in [-0.3, -0.25) is 9.69 Å². The van der Waals surface area contributed by atoms with Gasteiger partial charge in [-0.1, -0.05) is 22.9 Å². The van der Waals surface area contributed by atoms with Gasteiger partial charge < -0.3 is 4.90 Å². The van der Waals surface area contributed by atoms with Crippen LogP contribution in [-0.2, 0) is 4.79 Å². The molecule has 0 N–H and O–H groups in total. The zero-order chi connectivity index (χ0) is 19.4. The predicted molar refractivity (Wildman–Crippen MR) is 120 cm³/mol. The first-order valence-corrected chi connectivity index (χ1v) is 10.5. The van der Waals surface area contributed by atoms with E-state index in [-0.39, 0.29) is 24.1 Å². The van der Waals surface area contributed by atoms with Crippen LogP contribution in [0.15, 0.2) is 47.4 Å². The minimum absolute atomic E-state index is 0. The second-order valence-corrected chi connectivity index (χ2v) is 8.69. The van der Waals surface area contributed by atoms with Crippen LogP contribution in [0.4, 0.5) is 9.52 Å². The molecule has 3 aromatic rings. The average Bonchev–Trinajstić information content (AvgIpc) is 3.03. The average molecular weight is 460 g/mol. The molecular weight excluding hydrogens is 440 g/mol. The van der Waals surface area contributed by atoms with Crippen LogP contribution >= 0.6 is 47.1 Å². The lowest BCUT2D eigenvalue weighted by atomic mass is 10.3. The van der Waals surface area contributed by atoms with E-state index < -0.39 is 0 Å². The van der Waals surface area contributed by atoms with E-state index in [0.29, 0.717) is 34.5 Å². The predicted octanol–water partition coefficient (Wildman–Crippen LogP) is 5.20. The minimum Gasteiger partial charge on any atom is -0.308 e. The van der Waals surface area contributed by atoms with Crippen molar-refractivity contribution in [2.45, 2.75) is 4.90 Å². The monoisotopic (exact) mass is 459 g/mol. The number of hydrogen-bond acceptors (Lipinski definition) is 5. The van der Waals surface area contributed by atoms with Crippen molar-refractivity contribution in [2.75, 3.05) is 37.8 Å². The normalized spacial score (nSPS) is 10.9. The van der Waals surface area contributed by atoms with Gasteiger partial charge in [-0.05, 0) is 56.6 Å². The maximum Gasteiger partial charge on any atom is 0.239 e. The first-order chi connectivity index (χ1) is 12.9. The number of anilines is 1. The number of benzene rings is 2. The number of likely N-dealkylation sites (N-methyl/N-ethyl adjacent to an activating group) is 1. The number of thioether (sulfide) groups is 1. The van der Waals surface area contributed by atoms with Gasteiger partial charge in [0.1, 0.15) is 5.82 Å².